The third kappa shape index (κ3) is 6.47. The Hall–Kier alpha value is -5.63. The van der Waals surface area contributed by atoms with Crippen LogP contribution in [0.25, 0.3) is 22.3 Å². The SMILES string of the molecule is O=C(c1nc(C2CC2)ccc1N1CC[C@]2(C[C@H](O)c3cc(-c4ccccc4C4CC4)ccc32)C1)c1nc(C2CC2)ccc1N1CC[C@]2(C[C@H](O)c3cc(-c4ccccc4C4CC4)ccc32)C1. The summed E-state index contributed by atoms with van der Waals surface area (Å²) >= 11 is 0. The summed E-state index contributed by atoms with van der Waals surface area (Å²) in [6.45, 7) is 3.03. The van der Waals surface area contributed by atoms with Gasteiger partial charge in [-0.3, -0.25) is 4.79 Å². The Morgan fingerprint density at radius 2 is 0.924 bits per heavy atom. The van der Waals surface area contributed by atoms with Gasteiger partial charge in [-0.1, -0.05) is 72.8 Å². The number of aliphatic hydroxyl groups excluding tert-OH is 2. The Morgan fingerprint density at radius 3 is 1.35 bits per heavy atom. The summed E-state index contributed by atoms with van der Waals surface area (Å²) in [5.74, 6) is 1.99. The van der Waals surface area contributed by atoms with Crippen molar-refractivity contribution in [2.45, 2.75) is 124 Å². The first-order valence-corrected chi connectivity index (χ1v) is 25.2. The van der Waals surface area contributed by atoms with Gasteiger partial charge in [0.25, 0.3) is 0 Å². The Balaban J connectivity index is 0.787. The molecule has 2 N–H and O–H groups in total. The van der Waals surface area contributed by atoms with Crippen molar-refractivity contribution >= 4 is 17.2 Å². The summed E-state index contributed by atoms with van der Waals surface area (Å²) in [5.41, 5.74) is 16.9. The number of carbonyl (C=O) groups excluding carboxylic acids is 1. The molecule has 2 saturated heterocycles. The number of carbonyl (C=O) groups is 1. The number of rotatable bonds is 10. The molecular formula is C59H58N4O3. The van der Waals surface area contributed by atoms with Crippen LogP contribution in [0.3, 0.4) is 0 Å². The zero-order valence-corrected chi connectivity index (χ0v) is 37.8. The van der Waals surface area contributed by atoms with Crippen molar-refractivity contribution in [1.82, 2.24) is 9.97 Å². The van der Waals surface area contributed by atoms with E-state index in [0.717, 1.165) is 98.6 Å². The van der Waals surface area contributed by atoms with Gasteiger partial charge in [-0.25, -0.2) is 9.97 Å². The molecule has 4 heterocycles. The van der Waals surface area contributed by atoms with Crippen LogP contribution < -0.4 is 9.80 Å². The standard InChI is InChI=1S/C59H58N4O3/c64-53-31-58(47-19-17-39(29-45(47)53)43-7-3-1-5-41(43)35-9-10-35)25-27-62(33-58)51-23-21-49(37-13-14-37)60-55(51)57(66)56-52(24-22-50(61-56)38-15-16-38)63-28-26-59(34-63)32-54(65)46-30-40(18-20-48(46)59)44-8-4-2-6-42(44)36-11-12-36/h1-8,17-24,29-30,35-38,53-54,64-65H,9-16,25-28,31-34H2/t53-,54-,58-,59-/m0/s1. The van der Waals surface area contributed by atoms with Gasteiger partial charge in [0.2, 0.25) is 5.78 Å². The summed E-state index contributed by atoms with van der Waals surface area (Å²) in [5, 5.41) is 23.5. The number of nitrogens with zero attached hydrogens (tertiary/aromatic N) is 4. The predicted molar refractivity (Wildman–Crippen MR) is 260 cm³/mol. The highest BCUT2D eigenvalue weighted by molar-refractivity contribution is 6.13. The molecule has 7 heteroatoms. The summed E-state index contributed by atoms with van der Waals surface area (Å²) < 4.78 is 0. The monoisotopic (exact) mass is 870 g/mol. The fourth-order valence-corrected chi connectivity index (χ4v) is 13.2. The van der Waals surface area contributed by atoms with Gasteiger partial charge < -0.3 is 20.0 Å². The molecule has 2 aromatic heterocycles. The minimum absolute atomic E-state index is 0.0939. The van der Waals surface area contributed by atoms with E-state index >= 15 is 4.79 Å². The number of aliphatic hydroxyl groups is 2. The molecule has 7 nitrogen and oxygen atoms in total. The molecular weight excluding hydrogens is 813 g/mol. The van der Waals surface area contributed by atoms with Crippen LogP contribution in [-0.4, -0.2) is 52.1 Å². The molecule has 2 aliphatic heterocycles. The number of aromatic nitrogens is 2. The van der Waals surface area contributed by atoms with Gasteiger partial charge in [-0.05, 0) is 181 Å². The van der Waals surface area contributed by atoms with Crippen molar-refractivity contribution in [2.75, 3.05) is 36.0 Å². The second kappa shape index (κ2) is 14.7. The quantitative estimate of drug-likeness (QED) is 0.133. The lowest BCUT2D eigenvalue weighted by Gasteiger charge is -2.28. The van der Waals surface area contributed by atoms with Gasteiger partial charge in [0.1, 0.15) is 11.4 Å². The van der Waals surface area contributed by atoms with E-state index in [2.05, 4.69) is 119 Å². The third-order valence-corrected chi connectivity index (χ3v) is 17.3. The van der Waals surface area contributed by atoms with E-state index in [0.29, 0.717) is 47.9 Å². The lowest BCUT2D eigenvalue weighted by atomic mass is 9.80. The zero-order valence-electron chi connectivity index (χ0n) is 37.8. The van der Waals surface area contributed by atoms with Crippen molar-refractivity contribution < 1.29 is 15.0 Å². The van der Waals surface area contributed by atoms with Gasteiger partial charge >= 0.3 is 0 Å². The highest BCUT2D eigenvalue weighted by Gasteiger charge is 2.50. The maximum absolute atomic E-state index is 15.6. The van der Waals surface area contributed by atoms with Gasteiger partial charge in [-0.15, -0.1) is 0 Å². The van der Waals surface area contributed by atoms with E-state index in [1.165, 1.54) is 70.2 Å². The second-order valence-corrected chi connectivity index (χ2v) is 21.8. The van der Waals surface area contributed by atoms with Crippen LogP contribution in [0.1, 0.15) is 174 Å². The van der Waals surface area contributed by atoms with Crippen LogP contribution >= 0.6 is 0 Å². The van der Waals surface area contributed by atoms with Crippen LogP contribution in [0, 0.1) is 0 Å². The number of fused-ring (bicyclic) bond motifs is 4. The molecule has 0 unspecified atom stereocenters. The summed E-state index contributed by atoms with van der Waals surface area (Å²) in [7, 11) is 0. The predicted octanol–water partition coefficient (Wildman–Crippen LogP) is 11.7. The van der Waals surface area contributed by atoms with E-state index in [-0.39, 0.29) is 16.6 Å². The minimum Gasteiger partial charge on any atom is -0.388 e. The fraction of sp³-hybridized carbons (Fsp3) is 0.407. The number of benzene rings is 4. The zero-order chi connectivity index (χ0) is 43.9. The molecule has 8 aliphatic rings. The molecule has 4 aromatic carbocycles. The van der Waals surface area contributed by atoms with Crippen molar-refractivity contribution in [1.29, 1.82) is 0 Å². The Kier molecular flexibility index (Phi) is 8.79. The molecule has 6 aliphatic carbocycles. The van der Waals surface area contributed by atoms with Crippen LogP contribution in [0.4, 0.5) is 11.4 Å². The van der Waals surface area contributed by atoms with Crippen LogP contribution in [-0.2, 0) is 10.8 Å². The summed E-state index contributed by atoms with van der Waals surface area (Å²) in [4.78, 5) is 30.9. The average Bonchev–Trinajstić information content (AvgIpc) is 4.15. The van der Waals surface area contributed by atoms with E-state index in [9.17, 15) is 10.2 Å². The Morgan fingerprint density at radius 1 is 0.500 bits per heavy atom. The normalized spacial score (nSPS) is 26.5. The highest BCUT2D eigenvalue weighted by atomic mass is 16.3. The van der Waals surface area contributed by atoms with Gasteiger partial charge in [-0.2, -0.15) is 0 Å². The van der Waals surface area contributed by atoms with Crippen molar-refractivity contribution in [2.24, 2.45) is 0 Å². The second-order valence-electron chi connectivity index (χ2n) is 21.8. The maximum atomic E-state index is 15.6. The minimum atomic E-state index is -0.524. The molecule has 66 heavy (non-hydrogen) atoms. The third-order valence-electron chi connectivity index (χ3n) is 17.3. The van der Waals surface area contributed by atoms with Crippen molar-refractivity contribution in [3.63, 3.8) is 0 Å². The molecule has 0 radical (unpaired) electrons. The van der Waals surface area contributed by atoms with E-state index in [1.54, 1.807) is 0 Å². The largest absolute Gasteiger partial charge is 0.388 e. The first kappa shape index (κ1) is 39.5. The lowest BCUT2D eigenvalue weighted by molar-refractivity contribution is 0.103. The topological polar surface area (TPSA) is 89.8 Å². The van der Waals surface area contributed by atoms with E-state index in [1.807, 2.05) is 0 Å². The average molecular weight is 871 g/mol. The number of hydrogen-bond donors (Lipinski definition) is 2. The fourth-order valence-electron chi connectivity index (χ4n) is 13.2. The highest BCUT2D eigenvalue weighted by Crippen LogP contribution is 2.55. The first-order chi connectivity index (χ1) is 32.3. The molecule has 6 aromatic rings. The lowest BCUT2D eigenvalue weighted by Crippen LogP contribution is -2.31. The van der Waals surface area contributed by atoms with Crippen LogP contribution in [0.2, 0.25) is 0 Å². The van der Waals surface area contributed by atoms with Crippen LogP contribution in [0.5, 0.6) is 0 Å². The number of pyridine rings is 2. The molecule has 2 spiro atoms. The van der Waals surface area contributed by atoms with Crippen LogP contribution in [0.15, 0.2) is 109 Å². The summed E-state index contributed by atoms with van der Waals surface area (Å²) in [6, 6.07) is 40.0. The number of hydrogen-bond acceptors (Lipinski definition) is 7. The van der Waals surface area contributed by atoms with Gasteiger partial charge in [0, 0.05) is 60.2 Å². The smallest absolute Gasteiger partial charge is 0.233 e. The Bertz CT molecular complexity index is 2780. The van der Waals surface area contributed by atoms with E-state index in [4.69, 9.17) is 9.97 Å². The number of anilines is 2. The van der Waals surface area contributed by atoms with Crippen molar-refractivity contribution in [3.05, 3.63) is 165 Å². The van der Waals surface area contributed by atoms with E-state index < -0.39 is 12.2 Å². The Labute approximate surface area is 388 Å². The molecule has 4 saturated carbocycles. The molecule has 0 bridgehead atoms. The van der Waals surface area contributed by atoms with Crippen molar-refractivity contribution in [3.8, 4) is 22.3 Å². The summed E-state index contributed by atoms with van der Waals surface area (Å²) in [6.07, 6.45) is 11.6. The molecule has 6 fully saturated rings. The molecule has 14 rings (SSSR count). The first-order valence-electron chi connectivity index (χ1n) is 25.2. The molecule has 0 amide bonds. The molecule has 332 valence electrons. The maximum Gasteiger partial charge on any atom is 0.233 e. The van der Waals surface area contributed by atoms with Gasteiger partial charge in [0.05, 0.1) is 23.6 Å². The number of ketones is 1. The molecule has 4 atom stereocenters. The van der Waals surface area contributed by atoms with Gasteiger partial charge in [0.15, 0.2) is 0 Å².